The van der Waals surface area contributed by atoms with Crippen LogP contribution in [0.2, 0.25) is 0 Å². The number of sulfonamides is 1. The molecule has 0 fully saturated rings. The van der Waals surface area contributed by atoms with Crippen LogP contribution in [0.25, 0.3) is 10.9 Å². The first-order valence-electron chi connectivity index (χ1n) is 9.40. The number of nitrogens with zero attached hydrogens (tertiary/aromatic N) is 2. The van der Waals surface area contributed by atoms with Gasteiger partial charge in [-0.15, -0.1) is 0 Å². The van der Waals surface area contributed by atoms with Crippen molar-refractivity contribution >= 4 is 48.5 Å². The largest absolute Gasteiger partial charge is 0.381 e. The Balaban J connectivity index is 1.80. The van der Waals surface area contributed by atoms with Crippen molar-refractivity contribution in [2.45, 2.75) is 13.0 Å². The summed E-state index contributed by atoms with van der Waals surface area (Å²) in [6, 6.07) is 9.43. The molecular weight excluding hydrogens is 489 g/mol. The number of nitrogens with one attached hydrogen (secondary N) is 3. The van der Waals surface area contributed by atoms with Crippen LogP contribution in [0, 0.1) is 5.82 Å². The highest BCUT2D eigenvalue weighted by molar-refractivity contribution is 9.10. The van der Waals surface area contributed by atoms with Gasteiger partial charge >= 0.3 is 0 Å². The number of amides is 1. The summed E-state index contributed by atoms with van der Waals surface area (Å²) in [7, 11) is -3.26. The highest BCUT2D eigenvalue weighted by Crippen LogP contribution is 2.29. The van der Waals surface area contributed by atoms with E-state index in [-0.39, 0.29) is 24.6 Å². The van der Waals surface area contributed by atoms with Crippen LogP contribution >= 0.6 is 15.9 Å². The lowest BCUT2D eigenvalue weighted by Crippen LogP contribution is -2.27. The van der Waals surface area contributed by atoms with Gasteiger partial charge in [0.15, 0.2) is 5.69 Å². The molecule has 1 aromatic carbocycles. The van der Waals surface area contributed by atoms with Gasteiger partial charge in [-0.05, 0) is 52.2 Å². The summed E-state index contributed by atoms with van der Waals surface area (Å²) in [6.07, 6.45) is 3.21. The Morgan fingerprint density at radius 3 is 2.61 bits per heavy atom. The number of carbonyl (C=O) groups excluding carboxylic acids is 1. The molecule has 0 atom stereocenters. The van der Waals surface area contributed by atoms with E-state index < -0.39 is 15.9 Å². The van der Waals surface area contributed by atoms with Crippen LogP contribution in [0.1, 0.15) is 22.5 Å². The van der Waals surface area contributed by atoms with Crippen LogP contribution in [0.15, 0.2) is 47.2 Å². The van der Waals surface area contributed by atoms with Gasteiger partial charge in [0.05, 0.1) is 17.5 Å². The third kappa shape index (κ3) is 6.42. The molecule has 3 aromatic rings. The molecule has 0 aliphatic heterocycles. The molecular formula is C20H21BrFN5O3S. The number of carbonyl (C=O) groups is 1. The molecule has 0 aliphatic carbocycles. The van der Waals surface area contributed by atoms with Crippen molar-refractivity contribution in [2.24, 2.45) is 0 Å². The Bertz CT molecular complexity index is 1190. The lowest BCUT2D eigenvalue weighted by Gasteiger charge is -2.15. The maximum atomic E-state index is 13.1. The standard InChI is InChI=1S/C20H21BrFN5O3S/c1-31(29,30)26-11-3-10-24-17-16-15(4-2-9-23-16)19(21)27-18(17)20(28)25-12-13-5-7-14(22)8-6-13/h2,4-9,24,26H,3,10-12H2,1H3,(H,25,28). The van der Waals surface area contributed by atoms with E-state index in [0.29, 0.717) is 28.8 Å². The fraction of sp³-hybridized carbons (Fsp3) is 0.250. The number of fused-ring (bicyclic) bond motifs is 1. The predicted octanol–water partition coefficient (Wildman–Crippen LogP) is 2.81. The molecule has 164 valence electrons. The van der Waals surface area contributed by atoms with Gasteiger partial charge in [-0.2, -0.15) is 0 Å². The lowest BCUT2D eigenvalue weighted by atomic mass is 10.1. The number of rotatable bonds is 9. The minimum atomic E-state index is -3.26. The van der Waals surface area contributed by atoms with Gasteiger partial charge in [0, 0.05) is 31.2 Å². The Kier molecular flexibility index (Phi) is 7.52. The van der Waals surface area contributed by atoms with E-state index >= 15 is 0 Å². The highest BCUT2D eigenvalue weighted by Gasteiger charge is 2.19. The zero-order chi connectivity index (χ0) is 22.4. The van der Waals surface area contributed by atoms with E-state index in [4.69, 9.17) is 0 Å². The van der Waals surface area contributed by atoms with E-state index in [1.54, 1.807) is 24.4 Å². The lowest BCUT2D eigenvalue weighted by molar-refractivity contribution is 0.0946. The van der Waals surface area contributed by atoms with Crippen molar-refractivity contribution in [1.82, 2.24) is 20.0 Å². The van der Waals surface area contributed by atoms with Gasteiger partial charge in [0.2, 0.25) is 10.0 Å². The molecule has 2 heterocycles. The van der Waals surface area contributed by atoms with Crippen molar-refractivity contribution in [3.63, 3.8) is 0 Å². The van der Waals surface area contributed by atoms with Gasteiger partial charge in [0.1, 0.15) is 10.4 Å². The highest BCUT2D eigenvalue weighted by atomic mass is 79.9. The van der Waals surface area contributed by atoms with Gasteiger partial charge in [-0.25, -0.2) is 22.5 Å². The van der Waals surface area contributed by atoms with Crippen molar-refractivity contribution in [1.29, 1.82) is 0 Å². The molecule has 0 saturated heterocycles. The molecule has 0 radical (unpaired) electrons. The second-order valence-electron chi connectivity index (χ2n) is 6.78. The third-order valence-electron chi connectivity index (χ3n) is 4.31. The second kappa shape index (κ2) is 10.1. The smallest absolute Gasteiger partial charge is 0.272 e. The molecule has 0 bridgehead atoms. The first-order valence-corrected chi connectivity index (χ1v) is 12.1. The average Bonchev–Trinajstić information content (AvgIpc) is 2.73. The van der Waals surface area contributed by atoms with Crippen molar-refractivity contribution in [3.8, 4) is 0 Å². The molecule has 0 aliphatic rings. The molecule has 2 aromatic heterocycles. The molecule has 3 rings (SSSR count). The van der Waals surface area contributed by atoms with Crippen molar-refractivity contribution in [2.75, 3.05) is 24.7 Å². The minimum absolute atomic E-state index is 0.149. The van der Waals surface area contributed by atoms with Gasteiger partial charge in [0.25, 0.3) is 5.91 Å². The monoisotopic (exact) mass is 509 g/mol. The Hall–Kier alpha value is -2.63. The number of hydrogen-bond donors (Lipinski definition) is 3. The summed E-state index contributed by atoms with van der Waals surface area (Å²) in [5.41, 5.74) is 1.91. The third-order valence-corrected chi connectivity index (χ3v) is 5.65. The van der Waals surface area contributed by atoms with Gasteiger partial charge in [-0.1, -0.05) is 12.1 Å². The van der Waals surface area contributed by atoms with Gasteiger partial charge < -0.3 is 10.6 Å². The number of hydrogen-bond acceptors (Lipinski definition) is 6. The normalized spacial score (nSPS) is 11.5. The summed E-state index contributed by atoms with van der Waals surface area (Å²) < 4.78 is 38.4. The fourth-order valence-corrected chi connectivity index (χ4v) is 3.87. The van der Waals surface area contributed by atoms with Crippen LogP contribution < -0.4 is 15.4 Å². The maximum Gasteiger partial charge on any atom is 0.272 e. The molecule has 0 spiro atoms. The number of aromatic nitrogens is 2. The first kappa shape index (κ1) is 23.0. The van der Waals surface area contributed by atoms with Crippen LogP contribution in [-0.2, 0) is 16.6 Å². The number of anilines is 1. The molecule has 1 amide bonds. The van der Waals surface area contributed by atoms with Crippen LogP contribution in [-0.4, -0.2) is 43.6 Å². The molecule has 0 saturated carbocycles. The van der Waals surface area contributed by atoms with E-state index in [2.05, 4.69) is 41.3 Å². The maximum absolute atomic E-state index is 13.1. The number of pyridine rings is 2. The fourth-order valence-electron chi connectivity index (χ4n) is 2.86. The molecule has 11 heteroatoms. The molecule has 0 unspecified atom stereocenters. The average molecular weight is 510 g/mol. The summed E-state index contributed by atoms with van der Waals surface area (Å²) in [6.45, 7) is 0.860. The summed E-state index contributed by atoms with van der Waals surface area (Å²) in [5.74, 6) is -0.771. The van der Waals surface area contributed by atoms with E-state index in [0.717, 1.165) is 17.2 Å². The van der Waals surface area contributed by atoms with Crippen molar-refractivity contribution in [3.05, 3.63) is 64.3 Å². The van der Waals surface area contributed by atoms with Crippen molar-refractivity contribution < 1.29 is 17.6 Å². The zero-order valence-electron chi connectivity index (χ0n) is 16.7. The number of halogens is 2. The Labute approximate surface area is 187 Å². The SMILES string of the molecule is CS(=O)(=O)NCCCNc1c(C(=O)NCc2ccc(F)cc2)nc(Br)c2cccnc12. The van der Waals surface area contributed by atoms with E-state index in [9.17, 15) is 17.6 Å². The Morgan fingerprint density at radius 1 is 1.16 bits per heavy atom. The van der Waals surface area contributed by atoms with Crippen LogP contribution in [0.3, 0.4) is 0 Å². The van der Waals surface area contributed by atoms with Crippen LogP contribution in [0.4, 0.5) is 10.1 Å². The first-order chi connectivity index (χ1) is 14.7. The number of benzene rings is 1. The topological polar surface area (TPSA) is 113 Å². The molecule has 31 heavy (non-hydrogen) atoms. The summed E-state index contributed by atoms with van der Waals surface area (Å²) in [5, 5.41) is 6.68. The zero-order valence-corrected chi connectivity index (χ0v) is 19.1. The van der Waals surface area contributed by atoms with E-state index in [1.807, 2.05) is 6.07 Å². The Morgan fingerprint density at radius 2 is 1.90 bits per heavy atom. The van der Waals surface area contributed by atoms with Gasteiger partial charge in [-0.3, -0.25) is 9.78 Å². The predicted molar refractivity (Wildman–Crippen MR) is 121 cm³/mol. The van der Waals surface area contributed by atoms with E-state index in [1.165, 1.54) is 12.1 Å². The summed E-state index contributed by atoms with van der Waals surface area (Å²) in [4.78, 5) is 21.7. The summed E-state index contributed by atoms with van der Waals surface area (Å²) >= 11 is 3.39. The quantitative estimate of drug-likeness (QED) is 0.302. The molecule has 3 N–H and O–H groups in total. The second-order valence-corrected chi connectivity index (χ2v) is 9.37. The van der Waals surface area contributed by atoms with Crippen LogP contribution in [0.5, 0.6) is 0 Å². The molecule has 8 nitrogen and oxygen atoms in total. The minimum Gasteiger partial charge on any atom is -0.381 e.